The third-order valence-corrected chi connectivity index (χ3v) is 11.7. The number of ketones is 1. The Morgan fingerprint density at radius 3 is 1.90 bits per heavy atom. The van der Waals surface area contributed by atoms with Crippen LogP contribution >= 0.6 is 23.5 Å². The average Bonchev–Trinajstić information content (AvgIpc) is 4.10. The maximum Gasteiger partial charge on any atom is 0.474 e. The van der Waals surface area contributed by atoms with Crippen molar-refractivity contribution in [3.8, 4) is 17.2 Å². The first-order valence-corrected chi connectivity index (χ1v) is 25.5. The van der Waals surface area contributed by atoms with Gasteiger partial charge in [0.15, 0.2) is 24.1 Å². The number of anilines is 1. The van der Waals surface area contributed by atoms with Gasteiger partial charge in [0.1, 0.15) is 37.3 Å². The van der Waals surface area contributed by atoms with Crippen LogP contribution in [0.15, 0.2) is 70.8 Å². The number of amides is 1. The van der Waals surface area contributed by atoms with Gasteiger partial charge >= 0.3 is 23.5 Å². The number of hydrogen-bond acceptors (Lipinski definition) is 23. The minimum atomic E-state index is -4.97. The molecule has 1 amide bonds. The van der Waals surface area contributed by atoms with E-state index in [2.05, 4.69) is 54.3 Å². The number of aliphatic hydroxyl groups is 1. The molecule has 2 aromatic heterocycles. The predicted octanol–water partition coefficient (Wildman–Crippen LogP) is 2.93. The molecule has 3 heterocycles. The monoisotopic (exact) mass is 1050 g/mol. The fraction of sp³-hybridized carbons (Fsp3) is 0.474. The molecule has 0 radical (unpaired) electrons. The van der Waals surface area contributed by atoms with Crippen molar-refractivity contribution in [2.45, 2.75) is 38.6 Å². The summed E-state index contributed by atoms with van der Waals surface area (Å²) in [4.78, 5) is 55.4. The number of Topliss-reactive ketones (excluding diaryl/α,β-unsaturated/α-hetero) is 1. The standard InChI is InChI=1S/C38H53N10O19P3/c1-47-19-31(43-45-47)22-59-35-17-28(18-36(60-23-32-20-48(2)46-44-32)37(35)61-21-30-10-12-41-42-30)34(50)5-3-14-62-68(52,53)63-15-16-64-69(54,55)66-26-67-70(56,57)65-25-33(49)24-58-13-4-11-40-38(51)27-6-8-29(39)9-7-27/h6-10,17-20,33,49H,3-5,11-16,21-26,39H2,1-2H3,(H,40,51)(H,52,53)(H,54,55)(H,56,57). The number of ether oxygens (including phenoxy) is 4. The van der Waals surface area contributed by atoms with Gasteiger partial charge in [-0.3, -0.25) is 46.1 Å². The molecule has 32 heteroatoms. The van der Waals surface area contributed by atoms with Crippen LogP contribution in [0.5, 0.6) is 17.2 Å². The van der Waals surface area contributed by atoms with Crippen molar-refractivity contribution in [2.75, 3.05) is 71.9 Å². The molecule has 5 rings (SSSR count). The zero-order chi connectivity index (χ0) is 50.6. The summed E-state index contributed by atoms with van der Waals surface area (Å²) in [6, 6.07) is 9.24. The molecule has 4 unspecified atom stereocenters. The Balaban J connectivity index is 0.994. The second-order valence-corrected chi connectivity index (χ2v) is 19.0. The van der Waals surface area contributed by atoms with E-state index in [-0.39, 0.29) is 81.1 Å². The lowest BCUT2D eigenvalue weighted by Crippen LogP contribution is -2.26. The van der Waals surface area contributed by atoms with Crippen LogP contribution in [0.4, 0.5) is 5.69 Å². The van der Waals surface area contributed by atoms with Crippen molar-refractivity contribution in [1.82, 2.24) is 35.3 Å². The van der Waals surface area contributed by atoms with E-state index in [1.165, 1.54) is 21.5 Å². The third kappa shape index (κ3) is 20.2. The molecule has 4 aromatic rings. The van der Waals surface area contributed by atoms with Gasteiger partial charge in [-0.15, -0.1) is 10.2 Å². The summed E-state index contributed by atoms with van der Waals surface area (Å²) >= 11 is 0. The maximum atomic E-state index is 13.5. The zero-order valence-electron chi connectivity index (χ0n) is 37.8. The van der Waals surface area contributed by atoms with Gasteiger partial charge in [0.25, 0.3) is 5.91 Å². The first kappa shape index (κ1) is 55.6. The van der Waals surface area contributed by atoms with Gasteiger partial charge in [-0.1, -0.05) is 10.4 Å². The Morgan fingerprint density at radius 1 is 0.743 bits per heavy atom. The Bertz CT molecular complexity index is 2480. The fourth-order valence-corrected chi connectivity index (χ4v) is 7.57. The predicted molar refractivity (Wildman–Crippen MR) is 239 cm³/mol. The number of aliphatic hydroxyl groups excluding tert-OH is 1. The van der Waals surface area contributed by atoms with Crippen molar-refractivity contribution in [3.05, 3.63) is 83.1 Å². The molecule has 0 saturated heterocycles. The lowest BCUT2D eigenvalue weighted by Gasteiger charge is -2.18. The number of carbonyl (C=O) groups excluding carboxylic acids is 2. The molecule has 1 aliphatic rings. The van der Waals surface area contributed by atoms with E-state index in [0.29, 0.717) is 41.3 Å². The molecule has 0 aliphatic carbocycles. The second-order valence-electron chi connectivity index (χ2n) is 14.6. The summed E-state index contributed by atoms with van der Waals surface area (Å²) in [7, 11) is -11.3. The van der Waals surface area contributed by atoms with Gasteiger partial charge in [0.05, 0.1) is 57.7 Å². The van der Waals surface area contributed by atoms with Crippen LogP contribution in [0.1, 0.15) is 51.4 Å². The number of hydrogen-bond donors (Lipinski definition) is 6. The summed E-state index contributed by atoms with van der Waals surface area (Å²) < 4.78 is 91.1. The molecule has 2 aromatic carbocycles. The third-order valence-electron chi connectivity index (χ3n) is 8.86. The molecule has 0 saturated carbocycles. The second kappa shape index (κ2) is 27.3. The van der Waals surface area contributed by atoms with Crippen LogP contribution in [0.25, 0.3) is 0 Å². The van der Waals surface area contributed by atoms with Gasteiger partial charge in [-0.05, 0) is 55.3 Å². The van der Waals surface area contributed by atoms with Gasteiger partial charge in [0, 0.05) is 50.5 Å². The van der Waals surface area contributed by atoms with Crippen LogP contribution in [-0.4, -0.2) is 134 Å². The Labute approximate surface area is 399 Å². The number of aromatic nitrogens is 6. The van der Waals surface area contributed by atoms with Crippen LogP contribution in [0, 0.1) is 0 Å². The quantitative estimate of drug-likeness (QED) is 0.0129. The molecule has 70 heavy (non-hydrogen) atoms. The number of azo groups is 1. The molecular weight excluding hydrogens is 993 g/mol. The van der Waals surface area contributed by atoms with Crippen molar-refractivity contribution >= 4 is 40.8 Å². The van der Waals surface area contributed by atoms with Crippen LogP contribution < -0.4 is 25.3 Å². The minimum absolute atomic E-state index is 0.00644. The first-order valence-electron chi connectivity index (χ1n) is 21.0. The van der Waals surface area contributed by atoms with E-state index in [9.17, 15) is 43.1 Å². The lowest BCUT2D eigenvalue weighted by molar-refractivity contribution is -0.00742. The van der Waals surface area contributed by atoms with Crippen LogP contribution in [-0.2, 0) is 72.9 Å². The molecular formula is C38H53N10O19P3. The zero-order valence-corrected chi connectivity index (χ0v) is 40.5. The lowest BCUT2D eigenvalue weighted by atomic mass is 10.1. The molecule has 29 nitrogen and oxygen atoms in total. The molecule has 0 fully saturated rings. The van der Waals surface area contributed by atoms with Crippen molar-refractivity contribution in [3.63, 3.8) is 0 Å². The van der Waals surface area contributed by atoms with E-state index in [0.717, 1.165) is 0 Å². The Hall–Kier alpha value is -5.35. The Morgan fingerprint density at radius 2 is 1.33 bits per heavy atom. The van der Waals surface area contributed by atoms with Crippen molar-refractivity contribution < 1.29 is 89.2 Å². The number of aryl methyl sites for hydroxylation is 2. The van der Waals surface area contributed by atoms with Gasteiger partial charge < -0.3 is 49.8 Å². The normalized spacial score (nSPS) is 15.4. The number of benzene rings is 2. The highest BCUT2D eigenvalue weighted by Gasteiger charge is 2.29. The molecule has 4 atom stereocenters. The van der Waals surface area contributed by atoms with Crippen LogP contribution in [0.2, 0.25) is 0 Å². The first-order chi connectivity index (χ1) is 33.3. The van der Waals surface area contributed by atoms with E-state index < -0.39 is 68.6 Å². The fourth-order valence-electron chi connectivity index (χ4n) is 5.56. The number of rotatable bonds is 34. The number of carbonyl (C=O) groups is 2. The van der Waals surface area contributed by atoms with E-state index >= 15 is 0 Å². The number of nitrogens with two attached hydrogens (primary N) is 1. The van der Waals surface area contributed by atoms with Gasteiger partial charge in [-0.25, -0.2) is 13.7 Å². The number of phosphoric ester groups is 3. The summed E-state index contributed by atoms with van der Waals surface area (Å²) in [5.41, 5.74) is 8.21. The number of nitrogens with zero attached hydrogens (tertiary/aromatic N) is 8. The minimum Gasteiger partial charge on any atom is -0.483 e. The molecule has 0 bridgehead atoms. The number of phosphoric acid groups is 3. The maximum absolute atomic E-state index is 13.5. The SMILES string of the molecule is Cn1cc(COc2cc(C(=O)CCCOP(=O)(O)OCCOP(=O)(O)OCOP(=O)(O)OCC(O)COCCCNC(=O)c3ccc(N)cc3)cc(OCc3cn(C)nn3)c2OCC2=CCN=N2)nn1. The summed E-state index contributed by atoms with van der Waals surface area (Å²) in [6.07, 6.45) is 3.84. The number of nitrogens with one attached hydrogen (secondary N) is 1. The summed E-state index contributed by atoms with van der Waals surface area (Å²) in [5.74, 6) is -0.340. The molecule has 7 N–H and O–H groups in total. The topological polar surface area (TPSA) is 383 Å². The molecule has 1 aliphatic heterocycles. The largest absolute Gasteiger partial charge is 0.483 e. The van der Waals surface area contributed by atoms with Crippen molar-refractivity contribution in [2.24, 2.45) is 24.3 Å². The molecule has 0 spiro atoms. The van der Waals surface area contributed by atoms with E-state index in [4.69, 9.17) is 33.7 Å². The number of nitrogen functional groups attached to an aromatic ring is 1. The average molecular weight is 1050 g/mol. The highest BCUT2D eigenvalue weighted by atomic mass is 31.2. The Kier molecular flexibility index (Phi) is 21.7. The van der Waals surface area contributed by atoms with Crippen molar-refractivity contribution in [1.29, 1.82) is 0 Å². The highest BCUT2D eigenvalue weighted by molar-refractivity contribution is 7.48. The van der Waals surface area contributed by atoms with E-state index in [1.807, 2.05) is 0 Å². The van der Waals surface area contributed by atoms with Gasteiger partial charge in [0.2, 0.25) is 5.75 Å². The summed E-state index contributed by atoms with van der Waals surface area (Å²) in [6.45, 7) is -3.60. The smallest absolute Gasteiger partial charge is 0.474 e. The van der Waals surface area contributed by atoms with Gasteiger partial charge in [-0.2, -0.15) is 10.2 Å². The molecule has 384 valence electrons. The van der Waals surface area contributed by atoms with Crippen LogP contribution in [0.3, 0.4) is 0 Å². The highest BCUT2D eigenvalue weighted by Crippen LogP contribution is 2.48. The summed E-state index contributed by atoms with van der Waals surface area (Å²) in [5, 5.41) is 36.5. The van der Waals surface area contributed by atoms with E-state index in [1.54, 1.807) is 56.8 Å².